The average molecular weight is 257 g/mol. The summed E-state index contributed by atoms with van der Waals surface area (Å²) in [5.41, 5.74) is 0. The van der Waals surface area contributed by atoms with Gasteiger partial charge in [0.15, 0.2) is 0 Å². The Balaban J connectivity index is 3.95. The molecule has 0 rings (SSSR count). The summed E-state index contributed by atoms with van der Waals surface area (Å²) in [5, 5.41) is 6.73. The molecule has 0 radical (unpaired) electrons. The van der Waals surface area contributed by atoms with E-state index in [1.807, 2.05) is 20.8 Å². The lowest BCUT2D eigenvalue weighted by atomic mass is 10.0. The van der Waals surface area contributed by atoms with E-state index in [1.165, 1.54) is 0 Å². The maximum Gasteiger partial charge on any atom is 0.329 e. The van der Waals surface area contributed by atoms with Gasteiger partial charge in [0.2, 0.25) is 5.91 Å². The van der Waals surface area contributed by atoms with Crippen molar-refractivity contribution in [3.63, 3.8) is 0 Å². The van der Waals surface area contributed by atoms with Gasteiger partial charge in [-0.25, -0.2) is 9.59 Å². The van der Waals surface area contributed by atoms with Gasteiger partial charge in [0.25, 0.3) is 0 Å². The Bertz CT molecular complexity index is 288. The fraction of sp³-hybridized carbons (Fsp3) is 0.750. The zero-order valence-electron chi connectivity index (χ0n) is 11.3. The van der Waals surface area contributed by atoms with E-state index in [4.69, 9.17) is 0 Å². The molecule has 18 heavy (non-hydrogen) atoms. The third-order valence-corrected chi connectivity index (χ3v) is 2.64. The zero-order chi connectivity index (χ0) is 14.0. The van der Waals surface area contributed by atoms with Crippen LogP contribution in [0.15, 0.2) is 0 Å². The van der Waals surface area contributed by atoms with E-state index < -0.39 is 12.1 Å². The quantitative estimate of drug-likeness (QED) is 0.633. The van der Waals surface area contributed by atoms with Gasteiger partial charge >= 0.3 is 12.1 Å². The molecule has 0 unspecified atom stereocenters. The van der Waals surface area contributed by atoms with Gasteiger partial charge in [0, 0.05) is 12.5 Å². The van der Waals surface area contributed by atoms with Crippen molar-refractivity contribution >= 4 is 18.0 Å². The van der Waals surface area contributed by atoms with Crippen LogP contribution in [0.5, 0.6) is 0 Å². The Kier molecular flexibility index (Phi) is 8.61. The van der Waals surface area contributed by atoms with Gasteiger partial charge in [-0.3, -0.25) is 15.4 Å². The minimum absolute atomic E-state index is 0.195. The highest BCUT2D eigenvalue weighted by Gasteiger charge is 2.17. The molecule has 6 nitrogen and oxygen atoms in total. The molecule has 0 aliphatic rings. The maximum atomic E-state index is 11.6. The molecule has 3 N–H and O–H groups in total. The number of urea groups is 2. The fourth-order valence-corrected chi connectivity index (χ4v) is 1.43. The predicted octanol–water partition coefficient (Wildman–Crippen LogP) is 1.76. The molecule has 6 heteroatoms. The molecule has 0 saturated carbocycles. The van der Waals surface area contributed by atoms with Crippen LogP contribution in [0.25, 0.3) is 0 Å². The fourth-order valence-electron chi connectivity index (χ4n) is 1.43. The van der Waals surface area contributed by atoms with Gasteiger partial charge in [-0.05, 0) is 19.3 Å². The largest absolute Gasteiger partial charge is 0.338 e. The van der Waals surface area contributed by atoms with Crippen molar-refractivity contribution in [2.75, 3.05) is 6.54 Å². The number of unbranched alkanes of at least 4 members (excludes halogenated alkanes) is 1. The van der Waals surface area contributed by atoms with Crippen LogP contribution in [0, 0.1) is 5.92 Å². The Morgan fingerprint density at radius 1 is 0.944 bits per heavy atom. The van der Waals surface area contributed by atoms with Gasteiger partial charge in [-0.2, -0.15) is 0 Å². The van der Waals surface area contributed by atoms with E-state index in [-0.39, 0.29) is 11.8 Å². The second-order valence-corrected chi connectivity index (χ2v) is 4.07. The summed E-state index contributed by atoms with van der Waals surface area (Å²) < 4.78 is 0. The molecular weight excluding hydrogens is 234 g/mol. The lowest BCUT2D eigenvalue weighted by Crippen LogP contribution is -2.48. The number of carbonyl (C=O) groups excluding carboxylic acids is 3. The summed E-state index contributed by atoms with van der Waals surface area (Å²) >= 11 is 0. The molecule has 0 aromatic heterocycles. The van der Waals surface area contributed by atoms with Gasteiger partial charge in [-0.15, -0.1) is 0 Å². The number of amides is 5. The minimum Gasteiger partial charge on any atom is -0.338 e. The lowest BCUT2D eigenvalue weighted by molar-refractivity contribution is -0.124. The third-order valence-electron chi connectivity index (χ3n) is 2.64. The molecule has 0 aromatic carbocycles. The van der Waals surface area contributed by atoms with Crippen LogP contribution < -0.4 is 16.0 Å². The monoisotopic (exact) mass is 257 g/mol. The highest BCUT2D eigenvalue weighted by atomic mass is 16.2. The minimum atomic E-state index is -0.777. The average Bonchev–Trinajstić information content (AvgIpc) is 2.30. The Morgan fingerprint density at radius 3 is 2.06 bits per heavy atom. The second kappa shape index (κ2) is 9.44. The maximum absolute atomic E-state index is 11.6. The molecule has 0 bridgehead atoms. The van der Waals surface area contributed by atoms with E-state index in [9.17, 15) is 14.4 Å². The first kappa shape index (κ1) is 16.4. The Hall–Kier alpha value is -1.59. The second-order valence-electron chi connectivity index (χ2n) is 4.07. The van der Waals surface area contributed by atoms with Crippen LogP contribution in [0.4, 0.5) is 9.59 Å². The van der Waals surface area contributed by atoms with Crippen molar-refractivity contribution in [1.82, 2.24) is 16.0 Å². The molecule has 0 heterocycles. The first-order valence-electron chi connectivity index (χ1n) is 6.44. The number of hydrogen-bond donors (Lipinski definition) is 3. The molecule has 0 aliphatic carbocycles. The summed E-state index contributed by atoms with van der Waals surface area (Å²) in [6.45, 7) is 6.27. The summed E-state index contributed by atoms with van der Waals surface area (Å²) in [4.78, 5) is 34.1. The zero-order valence-corrected chi connectivity index (χ0v) is 11.3. The van der Waals surface area contributed by atoms with Crippen LogP contribution in [0.3, 0.4) is 0 Å². The topological polar surface area (TPSA) is 87.3 Å². The van der Waals surface area contributed by atoms with Gasteiger partial charge in [-0.1, -0.05) is 27.2 Å². The van der Waals surface area contributed by atoms with Crippen LogP contribution in [0.1, 0.15) is 46.5 Å². The summed E-state index contributed by atoms with van der Waals surface area (Å²) in [7, 11) is 0. The summed E-state index contributed by atoms with van der Waals surface area (Å²) in [5.74, 6) is -0.544. The molecular formula is C12H23N3O3. The van der Waals surface area contributed by atoms with Crippen molar-refractivity contribution < 1.29 is 14.4 Å². The molecule has 0 atom stereocenters. The van der Waals surface area contributed by atoms with E-state index >= 15 is 0 Å². The first-order chi connectivity index (χ1) is 8.54. The van der Waals surface area contributed by atoms with E-state index in [0.29, 0.717) is 19.4 Å². The Labute approximate surface area is 108 Å². The molecule has 104 valence electrons. The van der Waals surface area contributed by atoms with Crippen molar-refractivity contribution in [2.45, 2.75) is 46.5 Å². The molecule has 0 saturated heterocycles. The summed E-state index contributed by atoms with van der Waals surface area (Å²) in [6, 6.07) is -1.36. The molecule has 0 fully saturated rings. The highest BCUT2D eigenvalue weighted by Crippen LogP contribution is 2.06. The number of carbonyl (C=O) groups is 3. The van der Waals surface area contributed by atoms with Crippen LogP contribution in [-0.2, 0) is 4.79 Å². The molecule has 0 aliphatic heterocycles. The van der Waals surface area contributed by atoms with Gasteiger partial charge in [0.1, 0.15) is 0 Å². The number of rotatable bonds is 6. The van der Waals surface area contributed by atoms with Gasteiger partial charge < -0.3 is 5.32 Å². The van der Waals surface area contributed by atoms with Crippen molar-refractivity contribution in [3.05, 3.63) is 0 Å². The smallest absolute Gasteiger partial charge is 0.329 e. The van der Waals surface area contributed by atoms with Crippen molar-refractivity contribution in [3.8, 4) is 0 Å². The molecule has 5 amide bonds. The normalized spacial score (nSPS) is 10.0. The van der Waals surface area contributed by atoms with Gasteiger partial charge in [0.05, 0.1) is 0 Å². The lowest BCUT2D eigenvalue weighted by Gasteiger charge is -2.12. The Morgan fingerprint density at radius 2 is 1.56 bits per heavy atom. The van der Waals surface area contributed by atoms with Crippen LogP contribution >= 0.6 is 0 Å². The SMILES string of the molecule is CCCCNC(=O)NC(=O)NC(=O)C(CC)CC. The van der Waals surface area contributed by atoms with E-state index in [2.05, 4.69) is 16.0 Å². The number of imide groups is 2. The molecule has 0 spiro atoms. The third kappa shape index (κ3) is 6.88. The van der Waals surface area contributed by atoms with Crippen molar-refractivity contribution in [1.29, 1.82) is 0 Å². The first-order valence-corrected chi connectivity index (χ1v) is 6.44. The standard InChI is InChI=1S/C12H23N3O3/c1-4-7-8-13-11(17)15-12(18)14-10(16)9(5-2)6-3/h9H,4-8H2,1-3H3,(H3,13,14,15,16,17,18). The predicted molar refractivity (Wildman–Crippen MR) is 69.1 cm³/mol. The van der Waals surface area contributed by atoms with Crippen molar-refractivity contribution in [2.24, 2.45) is 5.92 Å². The highest BCUT2D eigenvalue weighted by molar-refractivity contribution is 6.02. The number of hydrogen-bond acceptors (Lipinski definition) is 3. The summed E-state index contributed by atoms with van der Waals surface area (Å²) in [6.07, 6.45) is 3.14. The number of nitrogens with one attached hydrogen (secondary N) is 3. The van der Waals surface area contributed by atoms with E-state index in [1.54, 1.807) is 0 Å². The van der Waals surface area contributed by atoms with Crippen LogP contribution in [0.2, 0.25) is 0 Å². The van der Waals surface area contributed by atoms with Crippen LogP contribution in [-0.4, -0.2) is 24.5 Å². The molecule has 0 aromatic rings. The van der Waals surface area contributed by atoms with E-state index in [0.717, 1.165) is 12.8 Å².